The standard InChI is InChI=1S/C65H90N14O19S2.C2H4O2/c1-38(80)56-64(96)73-51(63(95)75-57(39(2)81)65(97)98)37-100-99-36-50(72-59(91)47(28-40-10-4-3-5-11-40)68-52(83)32-76-20-22-77(33-53(84)85)24-26-79(35-55(88)89)27-25-78(23-21-76)34-54(86)87)62(94)70-48(29-41-15-17-43(82)18-16-41)60(92)71-49(30-42-31-67-45-13-7-6-12-44(42)45)61(93)69-46(58(90)74-56)14-8-9-19-66;1-2(3)4/h3-7,10-13,15-18,31,38-39,46-51,56-57,67,80-82H,8-9,14,19-30,32-37,66H2,1-2H3,(H,68,83)(H,69,93)(H,70,94)(H,71,92)(H,72,91)(H,73,96)(H,74,90)(H,75,95)(H,84,85)(H,86,87)(H,88,89)(H,97,98);1H3,(H,3,4)/t38-,39-,46+,47-,48+,49-,50+,51+,56+,57+;/m1./s1. The molecule has 0 unspecified atom stereocenters. The molecule has 2 fully saturated rings. The number of nitrogens with zero attached hydrogens (tertiary/aromatic N) is 4. The number of aliphatic hydroxyl groups excluding tert-OH is 2. The molecule has 2 saturated heterocycles. The summed E-state index contributed by atoms with van der Waals surface area (Å²) in [6.45, 7) is 2.46. The summed E-state index contributed by atoms with van der Waals surface area (Å²) in [6.07, 6.45) is -1.92. The molecule has 10 atom stereocenters. The zero-order chi connectivity index (χ0) is 76.6. The maximum absolute atomic E-state index is 15.3. The average molecular weight is 1500 g/mol. The summed E-state index contributed by atoms with van der Waals surface area (Å²) in [6, 6.07) is 7.92. The molecule has 37 heteroatoms. The predicted molar refractivity (Wildman–Crippen MR) is 380 cm³/mol. The Morgan fingerprint density at radius 1 is 0.577 bits per heavy atom. The van der Waals surface area contributed by atoms with Crippen LogP contribution < -0.4 is 48.3 Å². The van der Waals surface area contributed by atoms with E-state index < -0.39 is 169 Å². The molecule has 0 bridgehead atoms. The molecule has 570 valence electrons. The van der Waals surface area contributed by atoms with Crippen LogP contribution in [0.5, 0.6) is 5.75 Å². The fourth-order valence-electron chi connectivity index (χ4n) is 11.1. The van der Waals surface area contributed by atoms with Crippen LogP contribution in [-0.2, 0) is 81.6 Å². The van der Waals surface area contributed by atoms with E-state index in [2.05, 4.69) is 47.5 Å². The minimum Gasteiger partial charge on any atom is -0.508 e. The molecule has 3 heterocycles. The lowest BCUT2D eigenvalue weighted by molar-refractivity contribution is -0.145. The van der Waals surface area contributed by atoms with Gasteiger partial charge in [-0.15, -0.1) is 0 Å². The van der Waals surface area contributed by atoms with Crippen LogP contribution in [0, 0.1) is 0 Å². The first kappa shape index (κ1) is 85.2. The number of nitrogens with one attached hydrogen (secondary N) is 9. The smallest absolute Gasteiger partial charge is 0.328 e. The van der Waals surface area contributed by atoms with Gasteiger partial charge in [-0.2, -0.15) is 0 Å². The normalized spacial score (nSPS) is 21.3. The van der Waals surface area contributed by atoms with Gasteiger partial charge in [0.1, 0.15) is 48.0 Å². The van der Waals surface area contributed by atoms with Gasteiger partial charge in [0.25, 0.3) is 5.97 Å². The summed E-state index contributed by atoms with van der Waals surface area (Å²) in [7, 11) is 1.66. The van der Waals surface area contributed by atoms with E-state index in [0.29, 0.717) is 34.0 Å². The maximum atomic E-state index is 15.3. The highest BCUT2D eigenvalue weighted by molar-refractivity contribution is 8.76. The lowest BCUT2D eigenvalue weighted by Gasteiger charge is -2.33. The molecule has 0 saturated carbocycles. The lowest BCUT2D eigenvalue weighted by atomic mass is 10.0. The number of hydrogen-bond donors (Lipinski definition) is 18. The molecule has 0 aliphatic carbocycles. The van der Waals surface area contributed by atoms with Crippen LogP contribution in [0.15, 0.2) is 85.1 Å². The summed E-state index contributed by atoms with van der Waals surface area (Å²) in [5, 5.41) is 99.8. The molecule has 0 radical (unpaired) electrons. The number of benzene rings is 3. The second-order valence-corrected chi connectivity index (χ2v) is 27.6. The van der Waals surface area contributed by atoms with E-state index in [9.17, 15) is 78.9 Å². The SMILES string of the molecule is CC(=O)O.C[C@@H](O)[C@H](NC(=O)[C@@H]1CSSC[C@H](NC(=O)[C@@H](Cc2ccccc2)NC(=O)CN2CCN(CC(=O)O)CCN(CC(=O)O)CCN(CC(=O)O)CC2)C(=O)N[C@@H](Cc2ccc(O)cc2)C(=O)N[C@H](Cc2c[nH]c3ccccc23)C(=O)N[C@@H](CCCCN)C(=O)N[C@@H]([C@@H](C)O)C(=O)N1)C(=O)O. The summed E-state index contributed by atoms with van der Waals surface area (Å²) >= 11 is 0. The van der Waals surface area contributed by atoms with Crippen molar-refractivity contribution in [3.8, 4) is 5.75 Å². The van der Waals surface area contributed by atoms with Gasteiger partial charge >= 0.3 is 23.9 Å². The lowest BCUT2D eigenvalue weighted by Crippen LogP contribution is -2.62. The van der Waals surface area contributed by atoms with Crippen LogP contribution in [0.3, 0.4) is 0 Å². The Labute approximate surface area is 606 Å². The second-order valence-electron chi connectivity index (χ2n) is 25.0. The number of carbonyl (C=O) groups excluding carboxylic acids is 8. The van der Waals surface area contributed by atoms with Crippen molar-refractivity contribution in [2.75, 3.05) is 96.6 Å². The minimum absolute atomic E-state index is 0.0426. The number of carbonyl (C=O) groups is 13. The number of aromatic hydroxyl groups is 1. The molecule has 2 aliphatic rings. The van der Waals surface area contributed by atoms with Gasteiger partial charge in [0.15, 0.2) is 6.04 Å². The Bertz CT molecular complexity index is 3520. The molecular formula is C67H94N14O21S2. The second kappa shape index (κ2) is 43.6. The predicted octanol–water partition coefficient (Wildman–Crippen LogP) is -3.28. The summed E-state index contributed by atoms with van der Waals surface area (Å²) < 4.78 is 0. The highest BCUT2D eigenvalue weighted by Crippen LogP contribution is 2.25. The number of rotatable bonds is 26. The number of phenolic OH excluding ortho intramolecular Hbond substituents is 1. The molecule has 6 rings (SSSR count). The Hall–Kier alpha value is -9.47. The summed E-state index contributed by atoms with van der Waals surface area (Å²) in [5.41, 5.74) is 7.96. The summed E-state index contributed by atoms with van der Waals surface area (Å²) in [5.74, 6) is -14.8. The quantitative estimate of drug-likeness (QED) is 0.0216. The van der Waals surface area contributed by atoms with Crippen molar-refractivity contribution in [1.82, 2.24) is 67.1 Å². The number of aliphatic carboxylic acids is 5. The third kappa shape index (κ3) is 30.1. The molecule has 2 aliphatic heterocycles. The number of para-hydroxylation sites is 1. The number of hydrogen-bond acceptors (Lipinski definition) is 23. The number of phenols is 1. The van der Waals surface area contributed by atoms with Crippen LogP contribution in [-0.4, -0.2) is 300 Å². The first-order valence-corrected chi connectivity index (χ1v) is 35.9. The number of aliphatic hydroxyl groups is 2. The Balaban J connectivity index is 0.00000473. The number of carboxylic acid groups (broad SMARTS) is 5. The summed E-state index contributed by atoms with van der Waals surface area (Å²) in [4.78, 5) is 185. The van der Waals surface area contributed by atoms with E-state index in [1.807, 2.05) is 0 Å². The Morgan fingerprint density at radius 3 is 1.61 bits per heavy atom. The highest BCUT2D eigenvalue weighted by Gasteiger charge is 2.38. The monoisotopic (exact) mass is 1490 g/mol. The third-order valence-corrected chi connectivity index (χ3v) is 19.0. The van der Waals surface area contributed by atoms with Crippen molar-refractivity contribution in [3.63, 3.8) is 0 Å². The fourth-order valence-corrected chi connectivity index (χ4v) is 13.4. The molecule has 4 aromatic rings. The van der Waals surface area contributed by atoms with Crippen LogP contribution in [0.4, 0.5) is 0 Å². The number of nitrogens with two attached hydrogens (primary N) is 1. The highest BCUT2D eigenvalue weighted by atomic mass is 33.1. The van der Waals surface area contributed by atoms with Crippen molar-refractivity contribution >= 4 is 110 Å². The van der Waals surface area contributed by atoms with Crippen LogP contribution in [0.1, 0.15) is 56.7 Å². The van der Waals surface area contributed by atoms with Gasteiger partial charge in [-0.3, -0.25) is 77.1 Å². The van der Waals surface area contributed by atoms with Crippen LogP contribution in [0.2, 0.25) is 0 Å². The molecule has 19 N–H and O–H groups in total. The van der Waals surface area contributed by atoms with Crippen molar-refractivity contribution in [1.29, 1.82) is 0 Å². The maximum Gasteiger partial charge on any atom is 0.328 e. The minimum atomic E-state index is -1.91. The zero-order valence-electron chi connectivity index (χ0n) is 57.8. The van der Waals surface area contributed by atoms with Crippen LogP contribution in [0.25, 0.3) is 10.9 Å². The van der Waals surface area contributed by atoms with Crippen molar-refractivity contribution in [2.24, 2.45) is 5.73 Å². The largest absolute Gasteiger partial charge is 0.508 e. The van der Waals surface area contributed by atoms with Gasteiger partial charge in [0, 0.05) is 107 Å². The van der Waals surface area contributed by atoms with Gasteiger partial charge in [-0.1, -0.05) is 82.3 Å². The fraction of sp³-hybridized carbons (Fsp3) is 0.507. The molecule has 0 spiro atoms. The van der Waals surface area contributed by atoms with Crippen molar-refractivity contribution in [3.05, 3.63) is 102 Å². The van der Waals surface area contributed by atoms with E-state index in [4.69, 9.17) is 15.6 Å². The number of amides is 8. The molecule has 35 nitrogen and oxygen atoms in total. The van der Waals surface area contributed by atoms with E-state index in [1.165, 1.54) is 24.3 Å². The van der Waals surface area contributed by atoms with E-state index in [1.54, 1.807) is 80.4 Å². The molecule has 8 amide bonds. The van der Waals surface area contributed by atoms with Gasteiger partial charge in [-0.05, 0) is 74.5 Å². The molecule has 104 heavy (non-hydrogen) atoms. The van der Waals surface area contributed by atoms with Gasteiger partial charge in [0.2, 0.25) is 47.3 Å². The number of aromatic amines is 1. The molecule has 3 aromatic carbocycles. The van der Waals surface area contributed by atoms with Crippen molar-refractivity contribution in [2.45, 2.75) is 120 Å². The van der Waals surface area contributed by atoms with Gasteiger partial charge < -0.3 is 94.1 Å². The van der Waals surface area contributed by atoms with Gasteiger partial charge in [0.05, 0.1) is 38.4 Å². The Kier molecular flexibility index (Phi) is 35.7. The third-order valence-electron chi connectivity index (χ3n) is 16.6. The van der Waals surface area contributed by atoms with E-state index in [0.717, 1.165) is 42.4 Å². The Morgan fingerprint density at radius 2 is 1.08 bits per heavy atom. The molecule has 1 aromatic heterocycles. The number of aromatic nitrogens is 1. The first-order chi connectivity index (χ1) is 49.4. The first-order valence-electron chi connectivity index (χ1n) is 33.5. The number of unbranched alkanes of at least 4 members (excludes halogenated alkanes) is 1. The number of H-pyrrole nitrogens is 1. The number of carboxylic acids is 5. The van der Waals surface area contributed by atoms with E-state index in [-0.39, 0.29) is 103 Å². The number of fused-ring (bicyclic) bond motifs is 1. The average Bonchev–Trinajstić information content (AvgIpc) is 1.63. The van der Waals surface area contributed by atoms with Gasteiger partial charge in [-0.25, -0.2) is 4.79 Å². The van der Waals surface area contributed by atoms with Crippen LogP contribution >= 0.6 is 21.6 Å². The topological polar surface area (TPSA) is 535 Å². The zero-order valence-corrected chi connectivity index (χ0v) is 59.4. The molecular weight excluding hydrogens is 1400 g/mol. The van der Waals surface area contributed by atoms with E-state index >= 15 is 14.4 Å². The van der Waals surface area contributed by atoms with Crippen molar-refractivity contribution < 1.29 is 103 Å².